The largest absolute Gasteiger partial charge is 0.199 e. The summed E-state index contributed by atoms with van der Waals surface area (Å²) in [7, 11) is 0. The van der Waals surface area contributed by atoms with Crippen molar-refractivity contribution < 1.29 is 0 Å². The van der Waals surface area contributed by atoms with E-state index >= 15 is 0 Å². The highest BCUT2D eigenvalue weighted by Crippen LogP contribution is 1.94. The van der Waals surface area contributed by atoms with Crippen LogP contribution < -0.4 is 0 Å². The molecule has 0 aliphatic heterocycles. The summed E-state index contributed by atoms with van der Waals surface area (Å²) in [5, 5.41) is 14.8. The minimum absolute atomic E-state index is 0.672. The Morgan fingerprint density at radius 1 is 1.40 bits per heavy atom. The summed E-state index contributed by atoms with van der Waals surface area (Å²) >= 11 is 0. The second kappa shape index (κ2) is 1.73. The number of fused-ring (bicyclic) bond motifs is 1. The van der Waals surface area contributed by atoms with Crippen LogP contribution in [0.5, 0.6) is 0 Å². The van der Waals surface area contributed by atoms with Crippen LogP contribution in [-0.4, -0.2) is 25.3 Å². The van der Waals surface area contributed by atoms with Gasteiger partial charge in [0.2, 0.25) is 0 Å². The van der Waals surface area contributed by atoms with Crippen LogP contribution in [0.4, 0.5) is 0 Å². The third-order valence-electron chi connectivity index (χ3n) is 1.20. The summed E-state index contributed by atoms with van der Waals surface area (Å²) in [4.78, 5) is 0. The number of aryl methyl sites for hydroxylation is 1. The van der Waals surface area contributed by atoms with Gasteiger partial charge in [-0.05, 0) is 29.5 Å². The highest BCUT2D eigenvalue weighted by molar-refractivity contribution is 5.32. The quantitative estimate of drug-likeness (QED) is 0.503. The molecule has 2 heterocycles. The molecule has 0 radical (unpaired) electrons. The third kappa shape index (κ3) is 0.637. The fourth-order valence-electron chi connectivity index (χ4n) is 0.739. The Kier molecular flexibility index (Phi) is 0.913. The zero-order valence-electron chi connectivity index (χ0n) is 5.39. The number of hydrogen-bond acceptors (Lipinski definition) is 4. The van der Waals surface area contributed by atoms with Gasteiger partial charge in [-0.25, -0.2) is 0 Å². The molecule has 5 nitrogen and oxygen atoms in total. The van der Waals surface area contributed by atoms with Gasteiger partial charge in [0.05, 0.1) is 5.69 Å². The highest BCUT2D eigenvalue weighted by Gasteiger charge is 1.94. The molecular weight excluding hydrogens is 130 g/mol. The number of hydrogen-bond donors (Lipinski definition) is 0. The molecule has 2 aromatic rings. The van der Waals surface area contributed by atoms with Gasteiger partial charge in [0, 0.05) is 0 Å². The van der Waals surface area contributed by atoms with Gasteiger partial charge in [0.15, 0.2) is 5.65 Å². The molecule has 50 valence electrons. The zero-order chi connectivity index (χ0) is 6.97. The Balaban J connectivity index is 2.86. The molecule has 0 bridgehead atoms. The van der Waals surface area contributed by atoms with Gasteiger partial charge in [0.1, 0.15) is 0 Å². The van der Waals surface area contributed by atoms with E-state index in [1.807, 2.05) is 19.1 Å². The topological polar surface area (TPSA) is 56.0 Å². The maximum absolute atomic E-state index is 4.02. The van der Waals surface area contributed by atoms with Crippen LogP contribution in [0.25, 0.3) is 5.65 Å². The van der Waals surface area contributed by atoms with Crippen LogP contribution in [0.15, 0.2) is 12.1 Å². The Morgan fingerprint density at radius 3 is 3.20 bits per heavy atom. The standard InChI is InChI=1S/C5H5N5/c1-4-2-3-5-6-8-9-10(5)7-4/h2-3H,1H3. The van der Waals surface area contributed by atoms with Crippen molar-refractivity contribution in [1.82, 2.24) is 25.3 Å². The van der Waals surface area contributed by atoms with Gasteiger partial charge in [0.25, 0.3) is 0 Å². The molecule has 0 saturated heterocycles. The second-order valence-corrected chi connectivity index (χ2v) is 2.00. The minimum Gasteiger partial charge on any atom is -0.152 e. The molecule has 0 saturated carbocycles. The lowest BCUT2D eigenvalue weighted by Gasteiger charge is -1.88. The Morgan fingerprint density at radius 2 is 2.30 bits per heavy atom. The first-order chi connectivity index (χ1) is 4.86. The molecule has 0 amide bonds. The third-order valence-corrected chi connectivity index (χ3v) is 1.20. The summed E-state index contributed by atoms with van der Waals surface area (Å²) < 4.78 is 1.40. The van der Waals surface area contributed by atoms with Gasteiger partial charge in [-0.1, -0.05) is 0 Å². The zero-order valence-corrected chi connectivity index (χ0v) is 5.39. The van der Waals surface area contributed by atoms with E-state index in [-0.39, 0.29) is 0 Å². The van der Waals surface area contributed by atoms with Gasteiger partial charge >= 0.3 is 0 Å². The normalized spacial score (nSPS) is 10.5. The number of tetrazole rings is 1. The Bertz CT molecular complexity index is 352. The molecule has 0 aliphatic rings. The van der Waals surface area contributed by atoms with Gasteiger partial charge in [-0.2, -0.15) is 5.10 Å². The summed E-state index contributed by atoms with van der Waals surface area (Å²) in [5.74, 6) is 0. The van der Waals surface area contributed by atoms with E-state index < -0.39 is 0 Å². The molecular formula is C5H5N5. The number of rotatable bonds is 0. The fourth-order valence-corrected chi connectivity index (χ4v) is 0.739. The fraction of sp³-hybridized carbons (Fsp3) is 0.200. The van der Waals surface area contributed by atoms with Crippen molar-refractivity contribution in [2.45, 2.75) is 6.92 Å². The molecule has 0 aromatic carbocycles. The van der Waals surface area contributed by atoms with E-state index in [1.54, 1.807) is 0 Å². The molecule has 0 unspecified atom stereocenters. The molecule has 2 aromatic heterocycles. The lowest BCUT2D eigenvalue weighted by Crippen LogP contribution is -1.94. The number of nitrogens with zero attached hydrogens (tertiary/aromatic N) is 5. The van der Waals surface area contributed by atoms with E-state index in [0.29, 0.717) is 5.65 Å². The lowest BCUT2D eigenvalue weighted by molar-refractivity contribution is 0.722. The maximum atomic E-state index is 4.02. The monoisotopic (exact) mass is 135 g/mol. The van der Waals surface area contributed by atoms with Crippen LogP contribution >= 0.6 is 0 Å². The molecule has 2 rings (SSSR count). The molecule has 10 heavy (non-hydrogen) atoms. The first kappa shape index (κ1) is 5.28. The molecule has 0 aliphatic carbocycles. The average Bonchev–Trinajstić information content (AvgIpc) is 2.33. The van der Waals surface area contributed by atoms with Crippen LogP contribution in [0.2, 0.25) is 0 Å². The summed E-state index contributed by atoms with van der Waals surface area (Å²) in [5.41, 5.74) is 1.57. The molecule has 0 fully saturated rings. The van der Waals surface area contributed by atoms with Crippen LogP contribution in [0.1, 0.15) is 5.69 Å². The second-order valence-electron chi connectivity index (χ2n) is 2.00. The number of aromatic nitrogens is 5. The SMILES string of the molecule is Cc1ccc2nnnn2n1. The van der Waals surface area contributed by atoms with E-state index in [9.17, 15) is 0 Å². The lowest BCUT2D eigenvalue weighted by atomic mass is 10.4. The average molecular weight is 135 g/mol. The predicted octanol–water partition coefficient (Wildman–Crippen LogP) is -0.172. The summed E-state index contributed by atoms with van der Waals surface area (Å²) in [6.07, 6.45) is 0. The van der Waals surface area contributed by atoms with Crippen molar-refractivity contribution in [1.29, 1.82) is 0 Å². The Labute approximate surface area is 56.7 Å². The van der Waals surface area contributed by atoms with Crippen molar-refractivity contribution >= 4 is 5.65 Å². The van der Waals surface area contributed by atoms with Crippen molar-refractivity contribution in [2.75, 3.05) is 0 Å². The molecule has 5 heteroatoms. The summed E-state index contributed by atoms with van der Waals surface area (Å²) in [6.45, 7) is 1.89. The van der Waals surface area contributed by atoms with Gasteiger partial charge in [-0.15, -0.1) is 9.73 Å². The molecule has 0 atom stereocenters. The van der Waals surface area contributed by atoms with E-state index in [1.165, 1.54) is 4.63 Å². The maximum Gasteiger partial charge on any atom is 0.199 e. The van der Waals surface area contributed by atoms with Gasteiger partial charge in [-0.3, -0.25) is 0 Å². The van der Waals surface area contributed by atoms with E-state index in [4.69, 9.17) is 0 Å². The van der Waals surface area contributed by atoms with Crippen LogP contribution in [0.3, 0.4) is 0 Å². The smallest absolute Gasteiger partial charge is 0.152 e. The van der Waals surface area contributed by atoms with Crippen LogP contribution in [0, 0.1) is 6.92 Å². The Hall–Kier alpha value is -1.52. The molecule has 0 spiro atoms. The first-order valence-electron chi connectivity index (χ1n) is 2.88. The van der Waals surface area contributed by atoms with Crippen molar-refractivity contribution in [2.24, 2.45) is 0 Å². The van der Waals surface area contributed by atoms with Crippen LogP contribution in [-0.2, 0) is 0 Å². The van der Waals surface area contributed by atoms with E-state index in [0.717, 1.165) is 5.69 Å². The predicted molar refractivity (Wildman–Crippen MR) is 33.3 cm³/mol. The van der Waals surface area contributed by atoms with Crippen molar-refractivity contribution in [3.05, 3.63) is 17.8 Å². The minimum atomic E-state index is 0.672. The molecule has 0 N–H and O–H groups in total. The van der Waals surface area contributed by atoms with E-state index in [2.05, 4.69) is 20.6 Å². The summed E-state index contributed by atoms with van der Waals surface area (Å²) in [6, 6.07) is 3.69. The van der Waals surface area contributed by atoms with Gasteiger partial charge < -0.3 is 0 Å². The van der Waals surface area contributed by atoms with Crippen molar-refractivity contribution in [3.8, 4) is 0 Å². The van der Waals surface area contributed by atoms with Crippen molar-refractivity contribution in [3.63, 3.8) is 0 Å². The first-order valence-corrected chi connectivity index (χ1v) is 2.88. The highest BCUT2D eigenvalue weighted by atomic mass is 15.6.